The molecule has 0 saturated heterocycles. The number of nitrogens with one attached hydrogen (secondary N) is 1. The molecule has 0 unspecified atom stereocenters. The molecule has 0 spiro atoms. The van der Waals surface area contributed by atoms with Crippen LogP contribution < -0.4 is 10.1 Å². The number of ether oxygens (including phenoxy) is 1. The molecule has 6 nitrogen and oxygen atoms in total. The summed E-state index contributed by atoms with van der Waals surface area (Å²) in [6.07, 6.45) is 0. The Labute approximate surface area is 115 Å². The van der Waals surface area contributed by atoms with Crippen molar-refractivity contribution in [2.24, 2.45) is 0 Å². The predicted octanol–water partition coefficient (Wildman–Crippen LogP) is 2.09. The van der Waals surface area contributed by atoms with Crippen LogP contribution in [0.4, 0.5) is 5.69 Å². The highest BCUT2D eigenvalue weighted by Gasteiger charge is 2.09. The van der Waals surface area contributed by atoms with E-state index in [4.69, 9.17) is 19.4 Å². The van der Waals surface area contributed by atoms with E-state index in [-0.39, 0.29) is 12.2 Å². The van der Waals surface area contributed by atoms with E-state index in [0.29, 0.717) is 29.5 Å². The standard InChI is InChI=1S/C14H15NO5/c1-19-13-5-2-9(14(17)18)6-12(13)15-7-10-3-4-11(8-16)20-10/h2-6,15-16H,7-8H2,1H3,(H,17,18). The molecule has 0 saturated carbocycles. The average molecular weight is 277 g/mol. The van der Waals surface area contributed by atoms with Crippen LogP contribution in [0.3, 0.4) is 0 Å². The third-order valence-corrected chi connectivity index (χ3v) is 2.77. The number of hydrogen-bond acceptors (Lipinski definition) is 5. The molecule has 106 valence electrons. The zero-order chi connectivity index (χ0) is 14.5. The SMILES string of the molecule is COc1ccc(C(=O)O)cc1NCc1ccc(CO)o1. The van der Waals surface area contributed by atoms with Crippen molar-refractivity contribution in [2.75, 3.05) is 12.4 Å². The molecule has 0 fully saturated rings. The average Bonchev–Trinajstić information content (AvgIpc) is 2.92. The first-order valence-electron chi connectivity index (χ1n) is 5.97. The second-order valence-electron chi connectivity index (χ2n) is 4.10. The number of hydrogen-bond donors (Lipinski definition) is 3. The summed E-state index contributed by atoms with van der Waals surface area (Å²) in [6.45, 7) is 0.206. The van der Waals surface area contributed by atoms with Crippen LogP contribution in [0, 0.1) is 0 Å². The molecule has 2 aromatic rings. The smallest absolute Gasteiger partial charge is 0.335 e. The van der Waals surface area contributed by atoms with Crippen molar-refractivity contribution in [3.8, 4) is 5.75 Å². The van der Waals surface area contributed by atoms with Gasteiger partial charge in [0, 0.05) is 0 Å². The van der Waals surface area contributed by atoms with Gasteiger partial charge in [0.2, 0.25) is 0 Å². The van der Waals surface area contributed by atoms with Crippen LogP contribution in [0.2, 0.25) is 0 Å². The van der Waals surface area contributed by atoms with E-state index < -0.39 is 5.97 Å². The zero-order valence-electron chi connectivity index (χ0n) is 10.9. The molecule has 0 aliphatic heterocycles. The Bertz CT molecular complexity index is 605. The molecular formula is C14H15NO5. The monoisotopic (exact) mass is 277 g/mol. The first kappa shape index (κ1) is 14.0. The normalized spacial score (nSPS) is 10.3. The maximum Gasteiger partial charge on any atom is 0.335 e. The van der Waals surface area contributed by atoms with E-state index in [0.717, 1.165) is 0 Å². The van der Waals surface area contributed by atoms with E-state index in [9.17, 15) is 4.79 Å². The molecule has 2 rings (SSSR count). The molecule has 1 heterocycles. The number of carboxylic acids is 1. The van der Waals surface area contributed by atoms with Crippen LogP contribution >= 0.6 is 0 Å². The fourth-order valence-electron chi connectivity index (χ4n) is 1.76. The van der Waals surface area contributed by atoms with Gasteiger partial charge in [-0.3, -0.25) is 0 Å². The highest BCUT2D eigenvalue weighted by molar-refractivity contribution is 5.89. The van der Waals surface area contributed by atoms with E-state index >= 15 is 0 Å². The summed E-state index contributed by atoms with van der Waals surface area (Å²) in [4.78, 5) is 11.0. The third kappa shape index (κ3) is 3.10. The van der Waals surface area contributed by atoms with Gasteiger partial charge < -0.3 is 24.7 Å². The summed E-state index contributed by atoms with van der Waals surface area (Å²) in [5.74, 6) is 0.657. The van der Waals surface area contributed by atoms with Crippen molar-refractivity contribution < 1.29 is 24.2 Å². The lowest BCUT2D eigenvalue weighted by Crippen LogP contribution is -2.03. The van der Waals surface area contributed by atoms with Crippen LogP contribution in [0.15, 0.2) is 34.7 Å². The Balaban J connectivity index is 2.14. The number of aliphatic hydroxyl groups excluding tert-OH is 1. The van der Waals surface area contributed by atoms with Gasteiger partial charge in [0.05, 0.1) is 24.9 Å². The number of aliphatic hydroxyl groups is 1. The minimum atomic E-state index is -1.00. The summed E-state index contributed by atoms with van der Waals surface area (Å²) >= 11 is 0. The third-order valence-electron chi connectivity index (χ3n) is 2.77. The zero-order valence-corrected chi connectivity index (χ0v) is 10.9. The minimum absolute atomic E-state index is 0.155. The van der Waals surface area contributed by atoms with Crippen LogP contribution in [-0.4, -0.2) is 23.3 Å². The van der Waals surface area contributed by atoms with Crippen molar-refractivity contribution >= 4 is 11.7 Å². The van der Waals surface area contributed by atoms with Gasteiger partial charge in [-0.1, -0.05) is 0 Å². The lowest BCUT2D eigenvalue weighted by molar-refractivity contribution is 0.0697. The van der Waals surface area contributed by atoms with E-state index in [1.807, 2.05) is 0 Å². The van der Waals surface area contributed by atoms with E-state index in [1.54, 1.807) is 18.2 Å². The second-order valence-corrected chi connectivity index (χ2v) is 4.10. The Morgan fingerprint density at radius 1 is 1.30 bits per heavy atom. The molecule has 1 aromatic carbocycles. The lowest BCUT2D eigenvalue weighted by atomic mass is 10.2. The fraction of sp³-hybridized carbons (Fsp3) is 0.214. The first-order valence-corrected chi connectivity index (χ1v) is 5.97. The van der Waals surface area contributed by atoms with Gasteiger partial charge >= 0.3 is 5.97 Å². The largest absolute Gasteiger partial charge is 0.495 e. The number of aromatic carboxylic acids is 1. The van der Waals surface area contributed by atoms with Crippen molar-refractivity contribution in [3.05, 3.63) is 47.4 Å². The molecule has 0 bridgehead atoms. The Morgan fingerprint density at radius 3 is 2.65 bits per heavy atom. The number of furan rings is 1. The number of benzene rings is 1. The molecule has 0 amide bonds. The van der Waals surface area contributed by atoms with Crippen molar-refractivity contribution in [1.29, 1.82) is 0 Å². The van der Waals surface area contributed by atoms with Gasteiger partial charge in [-0.05, 0) is 30.3 Å². The second kappa shape index (κ2) is 6.12. The molecule has 0 atom stereocenters. The van der Waals surface area contributed by atoms with Crippen LogP contribution in [-0.2, 0) is 13.2 Å². The van der Waals surface area contributed by atoms with Gasteiger partial charge in [0.25, 0.3) is 0 Å². The quantitative estimate of drug-likeness (QED) is 0.748. The number of carboxylic acid groups (broad SMARTS) is 1. The van der Waals surface area contributed by atoms with Gasteiger partial charge in [-0.25, -0.2) is 4.79 Å². The van der Waals surface area contributed by atoms with Crippen molar-refractivity contribution in [3.63, 3.8) is 0 Å². The molecule has 0 aliphatic carbocycles. The highest BCUT2D eigenvalue weighted by atomic mass is 16.5. The van der Waals surface area contributed by atoms with Crippen LogP contribution in [0.5, 0.6) is 5.75 Å². The van der Waals surface area contributed by atoms with Crippen molar-refractivity contribution in [1.82, 2.24) is 0 Å². The van der Waals surface area contributed by atoms with Crippen molar-refractivity contribution in [2.45, 2.75) is 13.2 Å². The topological polar surface area (TPSA) is 91.9 Å². The van der Waals surface area contributed by atoms with Crippen LogP contribution in [0.1, 0.15) is 21.9 Å². The molecule has 6 heteroatoms. The van der Waals surface area contributed by atoms with Gasteiger partial charge in [0.1, 0.15) is 23.9 Å². The molecule has 1 aromatic heterocycles. The Morgan fingerprint density at radius 2 is 2.05 bits per heavy atom. The Kier molecular flexibility index (Phi) is 4.27. The molecule has 3 N–H and O–H groups in total. The minimum Gasteiger partial charge on any atom is -0.495 e. The predicted molar refractivity (Wildman–Crippen MR) is 71.9 cm³/mol. The van der Waals surface area contributed by atoms with E-state index in [1.165, 1.54) is 19.2 Å². The Hall–Kier alpha value is -2.47. The lowest BCUT2D eigenvalue weighted by Gasteiger charge is -2.11. The summed E-state index contributed by atoms with van der Waals surface area (Å²) < 4.78 is 10.5. The molecule has 0 aliphatic rings. The fourth-order valence-corrected chi connectivity index (χ4v) is 1.76. The maximum absolute atomic E-state index is 11.0. The van der Waals surface area contributed by atoms with Gasteiger partial charge in [0.15, 0.2) is 0 Å². The first-order chi connectivity index (χ1) is 9.63. The van der Waals surface area contributed by atoms with E-state index in [2.05, 4.69) is 5.32 Å². The van der Waals surface area contributed by atoms with Gasteiger partial charge in [-0.15, -0.1) is 0 Å². The summed E-state index contributed by atoms with van der Waals surface area (Å²) in [5, 5.41) is 20.9. The maximum atomic E-state index is 11.0. The summed E-state index contributed by atoms with van der Waals surface area (Å²) in [7, 11) is 1.51. The number of anilines is 1. The summed E-state index contributed by atoms with van der Waals surface area (Å²) in [5.41, 5.74) is 0.734. The molecular weight excluding hydrogens is 262 g/mol. The highest BCUT2D eigenvalue weighted by Crippen LogP contribution is 2.26. The number of rotatable bonds is 6. The summed E-state index contributed by atoms with van der Waals surface area (Å²) in [6, 6.07) is 7.99. The molecule has 0 radical (unpaired) electrons. The van der Waals surface area contributed by atoms with Crippen LogP contribution in [0.25, 0.3) is 0 Å². The number of carbonyl (C=O) groups is 1. The number of methoxy groups -OCH3 is 1. The van der Waals surface area contributed by atoms with Gasteiger partial charge in [-0.2, -0.15) is 0 Å². The molecule has 20 heavy (non-hydrogen) atoms.